The predicted molar refractivity (Wildman–Crippen MR) is 113 cm³/mol. The average molecular weight is 422 g/mol. The first-order valence-corrected chi connectivity index (χ1v) is 11.0. The molecular weight excluding hydrogens is 393 g/mol. The van der Waals surface area contributed by atoms with Gasteiger partial charge in [0.05, 0.1) is 17.8 Å². The van der Waals surface area contributed by atoms with E-state index in [1.165, 1.54) is 13.2 Å². The molecule has 0 saturated carbocycles. The van der Waals surface area contributed by atoms with Crippen LogP contribution in [0.25, 0.3) is 0 Å². The van der Waals surface area contributed by atoms with Crippen LogP contribution in [0.15, 0.2) is 58.4 Å². The summed E-state index contributed by atoms with van der Waals surface area (Å²) in [6, 6.07) is 12.9. The minimum atomic E-state index is -3.42. The van der Waals surface area contributed by atoms with Gasteiger partial charge >= 0.3 is 0 Å². The first-order valence-electron chi connectivity index (χ1n) is 9.35. The van der Waals surface area contributed by atoms with E-state index in [0.717, 1.165) is 5.56 Å². The quantitative estimate of drug-likeness (QED) is 0.524. The standard InChI is InChI=1S/C21H28FN3O3S/c1-5-17(15-29(26,27)18-9-7-6-8-10-18)24-21(23-2)25(3)14-16-11-12-20(28-4)19(22)13-16/h6-13,17H,5,14-15H2,1-4H3,(H,23,24). The smallest absolute Gasteiger partial charge is 0.193 e. The monoisotopic (exact) mass is 421 g/mol. The van der Waals surface area contributed by atoms with E-state index in [4.69, 9.17) is 4.74 Å². The third kappa shape index (κ3) is 6.19. The molecule has 1 atom stereocenters. The Balaban J connectivity index is 2.07. The molecule has 0 radical (unpaired) electrons. The van der Waals surface area contributed by atoms with Crippen molar-refractivity contribution >= 4 is 15.8 Å². The van der Waals surface area contributed by atoms with Crippen LogP contribution < -0.4 is 10.1 Å². The van der Waals surface area contributed by atoms with Crippen molar-refractivity contribution in [3.63, 3.8) is 0 Å². The molecule has 158 valence electrons. The van der Waals surface area contributed by atoms with E-state index >= 15 is 0 Å². The van der Waals surface area contributed by atoms with Crippen LogP contribution in [0, 0.1) is 5.82 Å². The predicted octanol–water partition coefficient (Wildman–Crippen LogP) is 3.09. The molecule has 2 rings (SSSR count). The molecule has 0 aliphatic carbocycles. The Morgan fingerprint density at radius 2 is 1.93 bits per heavy atom. The molecule has 0 amide bonds. The lowest BCUT2D eigenvalue weighted by Crippen LogP contribution is -2.46. The number of rotatable bonds is 8. The fraction of sp³-hybridized carbons (Fsp3) is 0.381. The van der Waals surface area contributed by atoms with Crippen LogP contribution in [0.5, 0.6) is 5.75 Å². The number of sulfone groups is 1. The van der Waals surface area contributed by atoms with Gasteiger partial charge in [0.15, 0.2) is 27.4 Å². The highest BCUT2D eigenvalue weighted by atomic mass is 32.2. The highest BCUT2D eigenvalue weighted by Crippen LogP contribution is 2.18. The lowest BCUT2D eigenvalue weighted by atomic mass is 10.2. The Morgan fingerprint density at radius 3 is 2.48 bits per heavy atom. The van der Waals surface area contributed by atoms with Crippen molar-refractivity contribution in [3.8, 4) is 5.75 Å². The second-order valence-electron chi connectivity index (χ2n) is 6.72. The summed E-state index contributed by atoms with van der Waals surface area (Å²) < 4.78 is 44.2. The van der Waals surface area contributed by atoms with Gasteiger partial charge in [-0.15, -0.1) is 0 Å². The third-order valence-corrected chi connectivity index (χ3v) is 6.39. The zero-order chi connectivity index (χ0) is 21.4. The second-order valence-corrected chi connectivity index (χ2v) is 8.75. The lowest BCUT2D eigenvalue weighted by Gasteiger charge is -2.26. The number of methoxy groups -OCH3 is 1. The SMILES string of the molecule is CCC(CS(=O)(=O)c1ccccc1)NC(=NC)N(C)Cc1ccc(OC)c(F)c1. The average Bonchev–Trinajstić information content (AvgIpc) is 2.71. The molecule has 0 fully saturated rings. The number of hydrogen-bond acceptors (Lipinski definition) is 4. The zero-order valence-electron chi connectivity index (χ0n) is 17.2. The third-order valence-electron chi connectivity index (χ3n) is 4.56. The summed E-state index contributed by atoms with van der Waals surface area (Å²) >= 11 is 0. The lowest BCUT2D eigenvalue weighted by molar-refractivity contribution is 0.385. The molecule has 29 heavy (non-hydrogen) atoms. The summed E-state index contributed by atoms with van der Waals surface area (Å²) in [5.74, 6) is 0.256. The number of benzene rings is 2. The number of ether oxygens (including phenoxy) is 1. The number of aliphatic imine (C=N–C) groups is 1. The summed E-state index contributed by atoms with van der Waals surface area (Å²) in [6.07, 6.45) is 0.607. The highest BCUT2D eigenvalue weighted by Gasteiger charge is 2.22. The highest BCUT2D eigenvalue weighted by molar-refractivity contribution is 7.91. The van der Waals surface area contributed by atoms with Crippen molar-refractivity contribution in [2.45, 2.75) is 30.8 Å². The molecule has 1 unspecified atom stereocenters. The molecule has 0 spiro atoms. The van der Waals surface area contributed by atoms with Crippen LogP contribution in [0.3, 0.4) is 0 Å². The molecule has 6 nitrogen and oxygen atoms in total. The first kappa shape index (κ1) is 22.7. The van der Waals surface area contributed by atoms with E-state index in [1.54, 1.807) is 49.5 Å². The second kappa shape index (κ2) is 10.2. The van der Waals surface area contributed by atoms with E-state index < -0.39 is 15.7 Å². The number of guanidine groups is 1. The van der Waals surface area contributed by atoms with Gasteiger partial charge in [-0.25, -0.2) is 12.8 Å². The minimum absolute atomic E-state index is 0.0441. The molecule has 0 heterocycles. The van der Waals surface area contributed by atoms with E-state index in [9.17, 15) is 12.8 Å². The van der Waals surface area contributed by atoms with Gasteiger partial charge < -0.3 is 15.0 Å². The largest absolute Gasteiger partial charge is 0.494 e. The van der Waals surface area contributed by atoms with E-state index in [1.807, 2.05) is 18.9 Å². The van der Waals surface area contributed by atoms with Crippen LogP contribution in [-0.2, 0) is 16.4 Å². The summed E-state index contributed by atoms with van der Waals surface area (Å²) in [5.41, 5.74) is 0.749. The normalized spacial score (nSPS) is 13.1. The van der Waals surface area contributed by atoms with Gasteiger partial charge in [0.2, 0.25) is 0 Å². The number of nitrogens with one attached hydrogen (secondary N) is 1. The van der Waals surface area contributed by atoms with Crippen molar-refractivity contribution in [3.05, 3.63) is 59.9 Å². The van der Waals surface area contributed by atoms with E-state index in [-0.39, 0.29) is 17.5 Å². The van der Waals surface area contributed by atoms with Crippen molar-refractivity contribution < 1.29 is 17.5 Å². The molecule has 0 bridgehead atoms. The van der Waals surface area contributed by atoms with Crippen LogP contribution in [-0.4, -0.2) is 52.3 Å². The number of nitrogens with zero attached hydrogens (tertiary/aromatic N) is 2. The Labute approximate surface area is 172 Å². The number of hydrogen-bond donors (Lipinski definition) is 1. The fourth-order valence-electron chi connectivity index (χ4n) is 2.94. The summed E-state index contributed by atoms with van der Waals surface area (Å²) in [5, 5.41) is 3.21. The summed E-state index contributed by atoms with van der Waals surface area (Å²) in [7, 11) is 1.44. The maximum atomic E-state index is 13.9. The van der Waals surface area contributed by atoms with Gasteiger partial charge in [-0.3, -0.25) is 4.99 Å². The van der Waals surface area contributed by atoms with E-state index in [2.05, 4.69) is 10.3 Å². The molecule has 0 aromatic heterocycles. The van der Waals surface area contributed by atoms with Gasteiger partial charge in [-0.2, -0.15) is 0 Å². The van der Waals surface area contributed by atoms with Crippen molar-refractivity contribution in [1.29, 1.82) is 0 Å². The molecule has 2 aromatic carbocycles. The molecule has 0 aliphatic rings. The summed E-state index contributed by atoms with van der Waals surface area (Å²) in [6.45, 7) is 2.33. The first-order chi connectivity index (χ1) is 13.8. The molecular formula is C21H28FN3O3S. The van der Waals surface area contributed by atoms with E-state index in [0.29, 0.717) is 23.8 Å². The van der Waals surface area contributed by atoms with Gasteiger partial charge in [-0.05, 0) is 36.2 Å². The van der Waals surface area contributed by atoms with Gasteiger partial charge in [0.25, 0.3) is 0 Å². The van der Waals surface area contributed by atoms with Crippen LogP contribution in [0.4, 0.5) is 4.39 Å². The van der Waals surface area contributed by atoms with Crippen molar-refractivity contribution in [1.82, 2.24) is 10.2 Å². The fourth-order valence-corrected chi connectivity index (χ4v) is 4.55. The molecule has 2 aromatic rings. The van der Waals surface area contributed by atoms with Crippen LogP contribution in [0.2, 0.25) is 0 Å². The molecule has 1 N–H and O–H groups in total. The maximum Gasteiger partial charge on any atom is 0.193 e. The zero-order valence-corrected chi connectivity index (χ0v) is 18.0. The van der Waals surface area contributed by atoms with Crippen LogP contribution >= 0.6 is 0 Å². The van der Waals surface area contributed by atoms with Crippen molar-refractivity contribution in [2.75, 3.05) is 27.0 Å². The van der Waals surface area contributed by atoms with Gasteiger partial charge in [0.1, 0.15) is 0 Å². The molecule has 8 heteroatoms. The Hall–Kier alpha value is -2.61. The van der Waals surface area contributed by atoms with Gasteiger partial charge in [-0.1, -0.05) is 31.2 Å². The van der Waals surface area contributed by atoms with Crippen molar-refractivity contribution in [2.24, 2.45) is 4.99 Å². The number of halogens is 1. The Bertz CT molecular complexity index is 933. The summed E-state index contributed by atoms with van der Waals surface area (Å²) in [4.78, 5) is 6.37. The molecule has 0 aliphatic heterocycles. The maximum absolute atomic E-state index is 13.9. The molecule has 0 saturated heterocycles. The Kier molecular flexibility index (Phi) is 8.01. The minimum Gasteiger partial charge on any atom is -0.494 e. The topological polar surface area (TPSA) is 71.0 Å². The van der Waals surface area contributed by atoms with Crippen LogP contribution in [0.1, 0.15) is 18.9 Å². The van der Waals surface area contributed by atoms with Gasteiger partial charge in [0, 0.05) is 26.7 Å². The Morgan fingerprint density at radius 1 is 1.24 bits per heavy atom.